The largest absolute Gasteiger partial charge is 0.346 e. The Bertz CT molecular complexity index is 898. The van der Waals surface area contributed by atoms with Crippen molar-refractivity contribution in [2.75, 3.05) is 31.1 Å². The van der Waals surface area contributed by atoms with Crippen LogP contribution in [0.4, 0.5) is 9.52 Å². The second-order valence-electron chi connectivity index (χ2n) is 5.98. The van der Waals surface area contributed by atoms with Gasteiger partial charge in [0.05, 0.1) is 10.2 Å². The molecule has 25 heavy (non-hydrogen) atoms. The molecule has 0 bridgehead atoms. The average molecular weight is 356 g/mol. The van der Waals surface area contributed by atoms with E-state index in [0.717, 1.165) is 41.4 Å². The van der Waals surface area contributed by atoms with E-state index in [0.29, 0.717) is 12.1 Å². The molecule has 0 radical (unpaired) electrons. The van der Waals surface area contributed by atoms with Crippen LogP contribution in [0.3, 0.4) is 0 Å². The lowest BCUT2D eigenvalue weighted by atomic mass is 10.2. The maximum atomic E-state index is 13.4. The summed E-state index contributed by atoms with van der Waals surface area (Å²) in [6.07, 6.45) is 4.15. The molecule has 1 saturated heterocycles. The molecule has 7 heteroatoms. The summed E-state index contributed by atoms with van der Waals surface area (Å²) < 4.78 is 14.2. The van der Waals surface area contributed by atoms with E-state index in [1.807, 2.05) is 4.90 Å². The van der Waals surface area contributed by atoms with Crippen LogP contribution in [0, 0.1) is 5.82 Å². The van der Waals surface area contributed by atoms with E-state index in [1.54, 1.807) is 30.6 Å². The van der Waals surface area contributed by atoms with Gasteiger partial charge in [0.1, 0.15) is 5.82 Å². The zero-order chi connectivity index (χ0) is 17.2. The third-order valence-electron chi connectivity index (χ3n) is 4.32. The predicted molar refractivity (Wildman–Crippen MR) is 96.5 cm³/mol. The van der Waals surface area contributed by atoms with Crippen molar-refractivity contribution in [3.8, 4) is 0 Å². The van der Waals surface area contributed by atoms with E-state index >= 15 is 0 Å². The summed E-state index contributed by atoms with van der Waals surface area (Å²) in [5.41, 5.74) is 1.48. The molecular formula is C18H17FN4OS. The monoisotopic (exact) mass is 356 g/mol. The number of thiazole rings is 1. The molecule has 3 heterocycles. The Balaban J connectivity index is 1.49. The lowest BCUT2D eigenvalue weighted by molar-refractivity contribution is 0.0767. The van der Waals surface area contributed by atoms with Crippen molar-refractivity contribution in [3.63, 3.8) is 0 Å². The molecule has 0 unspecified atom stereocenters. The minimum atomic E-state index is -0.243. The van der Waals surface area contributed by atoms with Gasteiger partial charge in [0, 0.05) is 44.1 Å². The molecular weight excluding hydrogens is 339 g/mol. The van der Waals surface area contributed by atoms with Gasteiger partial charge in [-0.2, -0.15) is 0 Å². The molecule has 1 amide bonds. The highest BCUT2D eigenvalue weighted by atomic mass is 32.1. The van der Waals surface area contributed by atoms with Crippen LogP contribution in [-0.2, 0) is 0 Å². The van der Waals surface area contributed by atoms with Gasteiger partial charge >= 0.3 is 0 Å². The van der Waals surface area contributed by atoms with Gasteiger partial charge in [0.15, 0.2) is 5.13 Å². The standard InChI is InChI=1S/C18H17FN4OS/c19-14-2-3-15-16(12-14)25-18(21-15)23-9-1-8-22(10-11-23)17(24)13-4-6-20-7-5-13/h2-7,12H,1,8-11H2. The van der Waals surface area contributed by atoms with Gasteiger partial charge < -0.3 is 9.80 Å². The zero-order valence-electron chi connectivity index (χ0n) is 13.6. The average Bonchev–Trinajstić information content (AvgIpc) is 2.89. The Morgan fingerprint density at radius 2 is 1.92 bits per heavy atom. The lowest BCUT2D eigenvalue weighted by Crippen LogP contribution is -2.35. The van der Waals surface area contributed by atoms with Gasteiger partial charge in [-0.25, -0.2) is 9.37 Å². The number of hydrogen-bond acceptors (Lipinski definition) is 5. The van der Waals surface area contributed by atoms with Gasteiger partial charge in [-0.15, -0.1) is 0 Å². The van der Waals surface area contributed by atoms with Crippen molar-refractivity contribution in [3.05, 3.63) is 54.1 Å². The van der Waals surface area contributed by atoms with Crippen LogP contribution < -0.4 is 4.90 Å². The normalized spacial score (nSPS) is 15.4. The fourth-order valence-corrected chi connectivity index (χ4v) is 4.05. The Morgan fingerprint density at radius 1 is 1.08 bits per heavy atom. The Hall–Kier alpha value is -2.54. The number of hydrogen-bond donors (Lipinski definition) is 0. The van der Waals surface area contributed by atoms with Crippen LogP contribution >= 0.6 is 11.3 Å². The summed E-state index contributed by atoms with van der Waals surface area (Å²) in [5.74, 6) is -0.205. The topological polar surface area (TPSA) is 49.3 Å². The fraction of sp³-hybridized carbons (Fsp3) is 0.278. The van der Waals surface area contributed by atoms with Crippen molar-refractivity contribution >= 4 is 32.6 Å². The van der Waals surface area contributed by atoms with Crippen LogP contribution in [0.2, 0.25) is 0 Å². The number of halogens is 1. The molecule has 0 saturated carbocycles. The Labute approximate surface area is 148 Å². The second kappa shape index (κ2) is 6.76. The van der Waals surface area contributed by atoms with Gasteiger partial charge in [0.2, 0.25) is 0 Å². The number of carbonyl (C=O) groups excluding carboxylic acids is 1. The first-order chi connectivity index (χ1) is 12.2. The number of aromatic nitrogens is 2. The highest BCUT2D eigenvalue weighted by Crippen LogP contribution is 2.30. The summed E-state index contributed by atoms with van der Waals surface area (Å²) in [7, 11) is 0. The third kappa shape index (κ3) is 3.32. The number of benzene rings is 1. The third-order valence-corrected chi connectivity index (χ3v) is 5.40. The smallest absolute Gasteiger partial charge is 0.254 e. The highest BCUT2D eigenvalue weighted by molar-refractivity contribution is 7.22. The number of anilines is 1. The molecule has 128 valence electrons. The number of amides is 1. The van der Waals surface area contributed by atoms with Crippen LogP contribution in [0.1, 0.15) is 16.8 Å². The molecule has 1 aliphatic rings. The van der Waals surface area contributed by atoms with Crippen molar-refractivity contribution in [1.29, 1.82) is 0 Å². The van der Waals surface area contributed by atoms with Crippen molar-refractivity contribution < 1.29 is 9.18 Å². The van der Waals surface area contributed by atoms with Crippen molar-refractivity contribution in [2.45, 2.75) is 6.42 Å². The van der Waals surface area contributed by atoms with Crippen LogP contribution in [0.5, 0.6) is 0 Å². The molecule has 0 aliphatic carbocycles. The molecule has 1 aliphatic heterocycles. The minimum Gasteiger partial charge on any atom is -0.346 e. The number of fused-ring (bicyclic) bond motifs is 1. The highest BCUT2D eigenvalue weighted by Gasteiger charge is 2.22. The summed E-state index contributed by atoms with van der Waals surface area (Å²) in [5, 5.41) is 0.888. The Morgan fingerprint density at radius 3 is 2.76 bits per heavy atom. The van der Waals surface area contributed by atoms with E-state index < -0.39 is 0 Å². The van der Waals surface area contributed by atoms with E-state index in [2.05, 4.69) is 14.9 Å². The predicted octanol–water partition coefficient (Wildman–Crippen LogP) is 3.18. The fourth-order valence-electron chi connectivity index (χ4n) is 3.01. The molecule has 0 atom stereocenters. The second-order valence-corrected chi connectivity index (χ2v) is 6.99. The summed E-state index contributed by atoms with van der Waals surface area (Å²) in [6, 6.07) is 8.15. The molecule has 1 fully saturated rings. The summed E-state index contributed by atoms with van der Waals surface area (Å²) in [4.78, 5) is 25.2. The van der Waals surface area contributed by atoms with Gasteiger partial charge in [-0.1, -0.05) is 11.3 Å². The quantitative estimate of drug-likeness (QED) is 0.708. The molecule has 5 nitrogen and oxygen atoms in total. The maximum absolute atomic E-state index is 13.4. The number of pyridine rings is 1. The van der Waals surface area contributed by atoms with Crippen LogP contribution in [0.25, 0.3) is 10.2 Å². The van der Waals surface area contributed by atoms with Crippen LogP contribution in [0.15, 0.2) is 42.7 Å². The Kier molecular flexibility index (Phi) is 4.31. The zero-order valence-corrected chi connectivity index (χ0v) is 14.4. The lowest BCUT2D eigenvalue weighted by Gasteiger charge is -2.21. The summed E-state index contributed by atoms with van der Waals surface area (Å²) >= 11 is 1.50. The summed E-state index contributed by atoms with van der Waals surface area (Å²) in [6.45, 7) is 2.92. The molecule has 1 aromatic carbocycles. The van der Waals surface area contributed by atoms with E-state index in [4.69, 9.17) is 0 Å². The SMILES string of the molecule is O=C(c1ccncc1)N1CCCN(c2nc3ccc(F)cc3s2)CC1. The number of rotatable bonds is 2. The molecule has 3 aromatic rings. The maximum Gasteiger partial charge on any atom is 0.254 e. The van der Waals surface area contributed by atoms with Gasteiger partial charge in [0.25, 0.3) is 5.91 Å². The first-order valence-corrected chi connectivity index (χ1v) is 9.03. The number of nitrogens with zero attached hydrogens (tertiary/aromatic N) is 4. The van der Waals surface area contributed by atoms with E-state index in [9.17, 15) is 9.18 Å². The van der Waals surface area contributed by atoms with Crippen molar-refractivity contribution in [2.24, 2.45) is 0 Å². The van der Waals surface area contributed by atoms with E-state index in [1.165, 1.54) is 23.5 Å². The first kappa shape index (κ1) is 16.0. The van der Waals surface area contributed by atoms with Gasteiger partial charge in [-0.05, 0) is 36.8 Å². The van der Waals surface area contributed by atoms with Crippen molar-refractivity contribution in [1.82, 2.24) is 14.9 Å². The first-order valence-electron chi connectivity index (χ1n) is 8.21. The molecule has 0 N–H and O–H groups in total. The van der Waals surface area contributed by atoms with E-state index in [-0.39, 0.29) is 11.7 Å². The molecule has 2 aromatic heterocycles. The van der Waals surface area contributed by atoms with Gasteiger partial charge in [-0.3, -0.25) is 9.78 Å². The minimum absolute atomic E-state index is 0.0376. The number of carbonyl (C=O) groups is 1. The molecule has 0 spiro atoms. The molecule has 4 rings (SSSR count). The van der Waals surface area contributed by atoms with Crippen LogP contribution in [-0.4, -0.2) is 47.0 Å².